The summed E-state index contributed by atoms with van der Waals surface area (Å²) in [6.45, 7) is 5.77. The van der Waals surface area contributed by atoms with Crippen LogP contribution < -0.4 is 10.6 Å². The highest BCUT2D eigenvalue weighted by molar-refractivity contribution is 6.00. The highest BCUT2D eigenvalue weighted by atomic mass is 19.4. The van der Waals surface area contributed by atoms with Gasteiger partial charge >= 0.3 is 6.18 Å². The summed E-state index contributed by atoms with van der Waals surface area (Å²) in [4.78, 5) is 48.0. The molecule has 0 aromatic carbocycles. The number of hydrogen-bond acceptors (Lipinski definition) is 5. The second-order valence-electron chi connectivity index (χ2n) is 9.65. The molecule has 1 aliphatic heterocycles. The zero-order valence-electron chi connectivity index (χ0n) is 20.2. The summed E-state index contributed by atoms with van der Waals surface area (Å²) in [5.41, 5.74) is -1.51. The lowest BCUT2D eigenvalue weighted by atomic mass is 10.1. The number of nitrogens with one attached hydrogen (secondary N) is 2. The Kier molecular flexibility index (Phi) is 6.76. The van der Waals surface area contributed by atoms with Crippen LogP contribution in [0.1, 0.15) is 84.5 Å². The summed E-state index contributed by atoms with van der Waals surface area (Å²) in [5, 5.41) is 5.36. The molecular formula is C25H28F3N5O3. The SMILES string of the molecule is CC(NC(=O)C1(NC(=O)c2cncc(C(F)(F)F)c2)CC1)c1ccc(C(=O)N2[C@H](C)CC[C@@H]2C)cn1. The Balaban J connectivity index is 1.38. The van der Waals surface area contributed by atoms with Gasteiger partial charge in [-0.2, -0.15) is 13.2 Å². The van der Waals surface area contributed by atoms with E-state index in [0.717, 1.165) is 19.0 Å². The summed E-state index contributed by atoms with van der Waals surface area (Å²) < 4.78 is 38.8. The molecule has 36 heavy (non-hydrogen) atoms. The third-order valence-corrected chi connectivity index (χ3v) is 6.88. The van der Waals surface area contributed by atoms with Crippen LogP contribution in [0.4, 0.5) is 13.2 Å². The van der Waals surface area contributed by atoms with E-state index < -0.39 is 35.1 Å². The fourth-order valence-electron chi connectivity index (χ4n) is 4.48. The number of aromatic nitrogens is 2. The average molecular weight is 504 g/mol. The van der Waals surface area contributed by atoms with E-state index in [2.05, 4.69) is 20.6 Å². The van der Waals surface area contributed by atoms with Crippen molar-refractivity contribution in [1.82, 2.24) is 25.5 Å². The number of halogens is 3. The molecule has 1 saturated carbocycles. The number of likely N-dealkylation sites (tertiary alicyclic amines) is 1. The maximum atomic E-state index is 12.9. The molecule has 2 aromatic rings. The molecule has 2 N–H and O–H groups in total. The van der Waals surface area contributed by atoms with Crippen LogP contribution in [0.3, 0.4) is 0 Å². The van der Waals surface area contributed by atoms with Crippen LogP contribution in [0.15, 0.2) is 36.8 Å². The van der Waals surface area contributed by atoms with Gasteiger partial charge in [0.25, 0.3) is 11.8 Å². The number of rotatable bonds is 6. The number of pyridine rings is 2. The van der Waals surface area contributed by atoms with Gasteiger partial charge in [0.05, 0.1) is 28.4 Å². The maximum absolute atomic E-state index is 12.9. The van der Waals surface area contributed by atoms with Crippen LogP contribution in [-0.4, -0.2) is 50.2 Å². The van der Waals surface area contributed by atoms with Crippen molar-refractivity contribution < 1.29 is 27.6 Å². The normalized spacial score (nSPS) is 21.6. The number of carbonyl (C=O) groups excluding carboxylic acids is 3. The van der Waals surface area contributed by atoms with Gasteiger partial charge in [0.15, 0.2) is 0 Å². The van der Waals surface area contributed by atoms with Crippen LogP contribution in [0, 0.1) is 0 Å². The van der Waals surface area contributed by atoms with E-state index in [4.69, 9.17) is 0 Å². The van der Waals surface area contributed by atoms with Crippen molar-refractivity contribution in [2.45, 2.75) is 76.3 Å². The number of alkyl halides is 3. The number of carbonyl (C=O) groups is 3. The second kappa shape index (κ2) is 9.51. The molecule has 8 nitrogen and oxygen atoms in total. The molecule has 0 spiro atoms. The summed E-state index contributed by atoms with van der Waals surface area (Å²) in [6, 6.07) is 3.88. The lowest BCUT2D eigenvalue weighted by molar-refractivity contribution is -0.137. The number of hydrogen-bond donors (Lipinski definition) is 2. The predicted octanol–water partition coefficient (Wildman–Crippen LogP) is 3.65. The van der Waals surface area contributed by atoms with Crippen molar-refractivity contribution in [1.29, 1.82) is 0 Å². The zero-order chi connectivity index (χ0) is 26.3. The van der Waals surface area contributed by atoms with Gasteiger partial charge in [0.1, 0.15) is 5.54 Å². The molecule has 2 aromatic heterocycles. The summed E-state index contributed by atoms with van der Waals surface area (Å²) >= 11 is 0. The molecule has 1 aliphatic carbocycles. The van der Waals surface area contributed by atoms with Crippen LogP contribution in [0.2, 0.25) is 0 Å². The molecule has 192 valence electrons. The van der Waals surface area contributed by atoms with Crippen LogP contribution in [0.25, 0.3) is 0 Å². The quantitative estimate of drug-likeness (QED) is 0.626. The van der Waals surface area contributed by atoms with Gasteiger partial charge in [0, 0.05) is 30.7 Å². The van der Waals surface area contributed by atoms with Crippen molar-refractivity contribution in [3.05, 3.63) is 59.2 Å². The molecule has 1 saturated heterocycles. The van der Waals surface area contributed by atoms with Crippen LogP contribution in [0.5, 0.6) is 0 Å². The topological polar surface area (TPSA) is 104 Å². The third-order valence-electron chi connectivity index (χ3n) is 6.88. The fourth-order valence-corrected chi connectivity index (χ4v) is 4.48. The van der Waals surface area contributed by atoms with Gasteiger partial charge in [0.2, 0.25) is 5.91 Å². The third kappa shape index (κ3) is 5.19. The maximum Gasteiger partial charge on any atom is 0.417 e. The highest BCUT2D eigenvalue weighted by Gasteiger charge is 2.51. The second-order valence-corrected chi connectivity index (χ2v) is 9.65. The molecule has 0 radical (unpaired) electrons. The Labute approximate surface area is 206 Å². The van der Waals surface area contributed by atoms with Gasteiger partial charge in [-0.15, -0.1) is 0 Å². The van der Waals surface area contributed by atoms with E-state index in [1.54, 1.807) is 19.1 Å². The van der Waals surface area contributed by atoms with Gasteiger partial charge in [-0.1, -0.05) is 0 Å². The monoisotopic (exact) mass is 503 g/mol. The molecule has 3 atom stereocenters. The smallest absolute Gasteiger partial charge is 0.346 e. The molecule has 4 rings (SSSR count). The van der Waals surface area contributed by atoms with Crippen molar-refractivity contribution in [2.24, 2.45) is 0 Å². The fraction of sp³-hybridized carbons (Fsp3) is 0.480. The first-order chi connectivity index (χ1) is 16.9. The molecule has 0 bridgehead atoms. The van der Waals surface area contributed by atoms with Gasteiger partial charge in [-0.3, -0.25) is 24.4 Å². The van der Waals surface area contributed by atoms with E-state index in [-0.39, 0.29) is 23.6 Å². The minimum Gasteiger partial charge on any atom is -0.346 e. The van der Waals surface area contributed by atoms with Gasteiger partial charge in [-0.25, -0.2) is 0 Å². The summed E-state index contributed by atoms with van der Waals surface area (Å²) in [7, 11) is 0. The van der Waals surface area contributed by atoms with E-state index in [1.807, 2.05) is 18.7 Å². The average Bonchev–Trinajstić information content (AvgIpc) is 3.55. The highest BCUT2D eigenvalue weighted by Crippen LogP contribution is 2.37. The van der Waals surface area contributed by atoms with Gasteiger partial charge < -0.3 is 15.5 Å². The minimum absolute atomic E-state index is 0.0769. The Morgan fingerprint density at radius 3 is 2.28 bits per heavy atom. The molecule has 11 heteroatoms. The van der Waals surface area contributed by atoms with Crippen molar-refractivity contribution in [2.75, 3.05) is 0 Å². The van der Waals surface area contributed by atoms with Gasteiger partial charge in [-0.05, 0) is 64.7 Å². The first-order valence-corrected chi connectivity index (χ1v) is 11.9. The lowest BCUT2D eigenvalue weighted by Crippen LogP contribution is -2.49. The first-order valence-electron chi connectivity index (χ1n) is 11.9. The van der Waals surface area contributed by atoms with E-state index in [9.17, 15) is 27.6 Å². The van der Waals surface area contributed by atoms with Crippen molar-refractivity contribution >= 4 is 17.7 Å². The summed E-state index contributed by atoms with van der Waals surface area (Å²) in [5.74, 6) is -1.34. The predicted molar refractivity (Wildman–Crippen MR) is 124 cm³/mol. The Morgan fingerprint density at radius 1 is 1.06 bits per heavy atom. The molecule has 2 fully saturated rings. The van der Waals surface area contributed by atoms with Crippen molar-refractivity contribution in [3.63, 3.8) is 0 Å². The van der Waals surface area contributed by atoms with E-state index >= 15 is 0 Å². The lowest BCUT2D eigenvalue weighted by Gasteiger charge is -2.26. The largest absolute Gasteiger partial charge is 0.417 e. The Morgan fingerprint density at radius 2 is 1.72 bits per heavy atom. The summed E-state index contributed by atoms with van der Waals surface area (Å²) in [6.07, 6.45) is 1.16. The van der Waals surface area contributed by atoms with Crippen LogP contribution in [-0.2, 0) is 11.0 Å². The van der Waals surface area contributed by atoms with E-state index in [1.165, 1.54) is 6.20 Å². The van der Waals surface area contributed by atoms with E-state index in [0.29, 0.717) is 36.4 Å². The van der Waals surface area contributed by atoms with Crippen LogP contribution >= 0.6 is 0 Å². The van der Waals surface area contributed by atoms with Crippen molar-refractivity contribution in [3.8, 4) is 0 Å². The molecule has 3 heterocycles. The number of amides is 3. The molecule has 2 aliphatic rings. The molecule has 3 amide bonds. The number of nitrogens with zero attached hydrogens (tertiary/aromatic N) is 3. The molecular weight excluding hydrogens is 475 g/mol. The minimum atomic E-state index is -4.63. The zero-order valence-corrected chi connectivity index (χ0v) is 20.2. The Bertz CT molecular complexity index is 1150. The standard InChI is InChI=1S/C25H28F3N5O3/c1-14-4-5-15(2)33(14)22(35)17-6-7-20(30-12-17)16(3)31-23(36)24(8-9-24)32-21(34)18-10-19(13-29-11-18)25(26,27)28/h6-7,10-16H,4-5,8-9H2,1-3H3,(H,31,36)(H,32,34)/t14-,15+,16?. The first kappa shape index (κ1) is 25.6. The Hall–Kier alpha value is -3.50. The molecule has 1 unspecified atom stereocenters.